The Hall–Kier alpha value is -1.61. The van der Waals surface area contributed by atoms with Gasteiger partial charge in [0.25, 0.3) is 0 Å². The molecule has 1 fully saturated rings. The molecule has 1 aromatic rings. The number of benzene rings is 1. The zero-order valence-corrected chi connectivity index (χ0v) is 12.6. The lowest BCUT2D eigenvalue weighted by Crippen LogP contribution is -2.36. The van der Waals surface area contributed by atoms with Crippen molar-refractivity contribution in [3.63, 3.8) is 0 Å². The molecule has 0 spiro atoms. The molecule has 0 saturated carbocycles. The van der Waals surface area contributed by atoms with E-state index in [1.54, 1.807) is 0 Å². The monoisotopic (exact) mass is 273 g/mol. The Labute approximate surface area is 121 Å². The van der Waals surface area contributed by atoms with E-state index in [2.05, 4.69) is 35.7 Å². The van der Waals surface area contributed by atoms with Crippen LogP contribution in [0.4, 0.5) is 0 Å². The summed E-state index contributed by atoms with van der Waals surface area (Å²) in [5, 5.41) is 0. The minimum Gasteiger partial charge on any atom is -0.469 e. The summed E-state index contributed by atoms with van der Waals surface area (Å²) in [4.78, 5) is 14.3. The van der Waals surface area contributed by atoms with Crippen molar-refractivity contribution in [3.8, 4) is 0 Å². The highest BCUT2D eigenvalue weighted by molar-refractivity contribution is 5.76. The molecular formula is C17H23NO2. The molecule has 108 valence electrons. The molecule has 1 heterocycles. The molecule has 1 saturated heterocycles. The largest absolute Gasteiger partial charge is 0.469 e. The lowest BCUT2D eigenvalue weighted by molar-refractivity contribution is -0.153. The van der Waals surface area contributed by atoms with Gasteiger partial charge in [-0.3, -0.25) is 9.69 Å². The molecular weight excluding hydrogens is 250 g/mol. The third-order valence-electron chi connectivity index (χ3n) is 4.19. The van der Waals surface area contributed by atoms with E-state index in [-0.39, 0.29) is 11.9 Å². The lowest BCUT2D eigenvalue weighted by Gasteiger charge is -2.29. The minimum atomic E-state index is -0.517. The Morgan fingerprint density at radius 1 is 1.40 bits per heavy atom. The first-order chi connectivity index (χ1) is 9.45. The standard InChI is InChI=1S/C17H23NO2/c1-13-10-18(11-14-8-6-5-7-9-14)12-15(13)17(2,3)16(19)20-4/h5-9,15H,1,10-12H2,2-4H3. The summed E-state index contributed by atoms with van der Waals surface area (Å²) in [7, 11) is 1.45. The van der Waals surface area contributed by atoms with E-state index in [0.29, 0.717) is 0 Å². The van der Waals surface area contributed by atoms with Crippen LogP contribution in [0.15, 0.2) is 42.5 Å². The van der Waals surface area contributed by atoms with Gasteiger partial charge in [0.15, 0.2) is 0 Å². The zero-order chi connectivity index (χ0) is 14.8. The number of likely N-dealkylation sites (tertiary alicyclic amines) is 1. The van der Waals surface area contributed by atoms with Crippen LogP contribution >= 0.6 is 0 Å². The predicted octanol–water partition coefficient (Wildman–Crippen LogP) is 2.87. The molecule has 1 atom stereocenters. The van der Waals surface area contributed by atoms with Crippen molar-refractivity contribution in [2.45, 2.75) is 20.4 Å². The van der Waals surface area contributed by atoms with E-state index < -0.39 is 5.41 Å². The average Bonchev–Trinajstić information content (AvgIpc) is 2.80. The van der Waals surface area contributed by atoms with Crippen LogP contribution in [0.2, 0.25) is 0 Å². The van der Waals surface area contributed by atoms with Crippen LogP contribution in [0.5, 0.6) is 0 Å². The van der Waals surface area contributed by atoms with Crippen LogP contribution in [0, 0.1) is 11.3 Å². The fraction of sp³-hybridized carbons (Fsp3) is 0.471. The molecule has 0 aromatic heterocycles. The fourth-order valence-electron chi connectivity index (χ4n) is 2.96. The van der Waals surface area contributed by atoms with Gasteiger partial charge in [0.1, 0.15) is 0 Å². The maximum absolute atomic E-state index is 11.9. The van der Waals surface area contributed by atoms with Crippen molar-refractivity contribution in [2.24, 2.45) is 11.3 Å². The first kappa shape index (κ1) is 14.8. The van der Waals surface area contributed by atoms with Crippen LogP contribution in [0.3, 0.4) is 0 Å². The van der Waals surface area contributed by atoms with Gasteiger partial charge in [-0.2, -0.15) is 0 Å². The number of hydrogen-bond acceptors (Lipinski definition) is 3. The predicted molar refractivity (Wildman–Crippen MR) is 80.1 cm³/mol. The molecule has 1 aliphatic rings. The number of nitrogens with zero attached hydrogens (tertiary/aromatic N) is 1. The third kappa shape index (κ3) is 2.93. The van der Waals surface area contributed by atoms with E-state index in [1.165, 1.54) is 12.7 Å². The summed E-state index contributed by atoms with van der Waals surface area (Å²) >= 11 is 0. The van der Waals surface area contributed by atoms with Gasteiger partial charge in [-0.25, -0.2) is 0 Å². The van der Waals surface area contributed by atoms with Crippen molar-refractivity contribution in [3.05, 3.63) is 48.0 Å². The number of ether oxygens (including phenoxy) is 1. The number of carbonyl (C=O) groups excluding carboxylic acids is 1. The number of carbonyl (C=O) groups is 1. The molecule has 0 amide bonds. The molecule has 1 unspecified atom stereocenters. The second kappa shape index (κ2) is 5.80. The van der Waals surface area contributed by atoms with E-state index in [9.17, 15) is 4.79 Å². The van der Waals surface area contributed by atoms with Gasteiger partial charge in [0.2, 0.25) is 0 Å². The first-order valence-corrected chi connectivity index (χ1v) is 6.97. The second-order valence-electron chi connectivity index (χ2n) is 6.08. The summed E-state index contributed by atoms with van der Waals surface area (Å²) in [6, 6.07) is 10.4. The molecule has 1 aliphatic heterocycles. The van der Waals surface area contributed by atoms with Gasteiger partial charge in [-0.1, -0.05) is 42.5 Å². The summed E-state index contributed by atoms with van der Waals surface area (Å²) in [5.74, 6) is -0.0103. The summed E-state index contributed by atoms with van der Waals surface area (Å²) in [6.07, 6.45) is 0. The van der Waals surface area contributed by atoms with E-state index in [4.69, 9.17) is 4.74 Å². The average molecular weight is 273 g/mol. The van der Waals surface area contributed by atoms with Crippen molar-refractivity contribution in [1.29, 1.82) is 0 Å². The van der Waals surface area contributed by atoms with Gasteiger partial charge in [0, 0.05) is 25.6 Å². The molecule has 20 heavy (non-hydrogen) atoms. The maximum Gasteiger partial charge on any atom is 0.311 e. The second-order valence-corrected chi connectivity index (χ2v) is 6.08. The molecule has 0 radical (unpaired) electrons. The molecule has 3 nitrogen and oxygen atoms in total. The first-order valence-electron chi connectivity index (χ1n) is 6.97. The minimum absolute atomic E-state index is 0.152. The number of rotatable bonds is 4. The van der Waals surface area contributed by atoms with Crippen LogP contribution in [0.1, 0.15) is 19.4 Å². The summed E-state index contributed by atoms with van der Waals surface area (Å²) < 4.78 is 4.93. The summed E-state index contributed by atoms with van der Waals surface area (Å²) in [5.41, 5.74) is 1.89. The van der Waals surface area contributed by atoms with Crippen LogP contribution in [-0.4, -0.2) is 31.1 Å². The Bertz CT molecular complexity index is 493. The zero-order valence-electron chi connectivity index (χ0n) is 12.6. The number of hydrogen-bond donors (Lipinski definition) is 0. The van der Waals surface area contributed by atoms with E-state index in [1.807, 2.05) is 19.9 Å². The quantitative estimate of drug-likeness (QED) is 0.624. The van der Waals surface area contributed by atoms with Gasteiger partial charge in [-0.15, -0.1) is 0 Å². The maximum atomic E-state index is 11.9. The molecule has 0 bridgehead atoms. The number of esters is 1. The Morgan fingerprint density at radius 3 is 2.65 bits per heavy atom. The van der Waals surface area contributed by atoms with Crippen molar-refractivity contribution in [1.82, 2.24) is 4.90 Å². The molecule has 0 aliphatic carbocycles. The Morgan fingerprint density at radius 2 is 2.05 bits per heavy atom. The van der Waals surface area contributed by atoms with Gasteiger partial charge in [0.05, 0.1) is 12.5 Å². The smallest absolute Gasteiger partial charge is 0.311 e. The highest BCUT2D eigenvalue weighted by Crippen LogP contribution is 2.38. The van der Waals surface area contributed by atoms with E-state index in [0.717, 1.165) is 25.2 Å². The van der Waals surface area contributed by atoms with Gasteiger partial charge in [-0.05, 0) is 19.4 Å². The van der Waals surface area contributed by atoms with Crippen LogP contribution in [0.25, 0.3) is 0 Å². The SMILES string of the molecule is C=C1CN(Cc2ccccc2)CC1C(C)(C)C(=O)OC. The topological polar surface area (TPSA) is 29.5 Å². The highest BCUT2D eigenvalue weighted by atomic mass is 16.5. The van der Waals surface area contributed by atoms with Gasteiger partial charge < -0.3 is 4.74 Å². The summed E-state index contributed by atoms with van der Waals surface area (Å²) in [6.45, 7) is 10.7. The normalized spacial score (nSPS) is 20.1. The highest BCUT2D eigenvalue weighted by Gasteiger charge is 2.43. The van der Waals surface area contributed by atoms with Crippen LogP contribution in [-0.2, 0) is 16.1 Å². The van der Waals surface area contributed by atoms with Crippen molar-refractivity contribution < 1.29 is 9.53 Å². The molecule has 1 aromatic carbocycles. The van der Waals surface area contributed by atoms with Crippen LogP contribution < -0.4 is 0 Å². The van der Waals surface area contributed by atoms with Crippen molar-refractivity contribution in [2.75, 3.05) is 20.2 Å². The molecule has 3 heteroatoms. The Kier molecular flexibility index (Phi) is 4.29. The third-order valence-corrected chi connectivity index (χ3v) is 4.19. The number of methoxy groups -OCH3 is 1. The molecule has 0 N–H and O–H groups in total. The van der Waals surface area contributed by atoms with Gasteiger partial charge >= 0.3 is 5.97 Å². The van der Waals surface area contributed by atoms with E-state index >= 15 is 0 Å². The molecule has 2 rings (SSSR count). The lowest BCUT2D eigenvalue weighted by atomic mass is 9.76. The fourth-order valence-corrected chi connectivity index (χ4v) is 2.96. The van der Waals surface area contributed by atoms with Crippen molar-refractivity contribution >= 4 is 5.97 Å². The Balaban J connectivity index is 2.06.